The Labute approximate surface area is 129 Å². The van der Waals surface area contributed by atoms with Crippen LogP contribution < -0.4 is 10.5 Å². The lowest BCUT2D eigenvalue weighted by atomic mass is 10.2. The Morgan fingerprint density at radius 2 is 1.90 bits per heavy atom. The lowest BCUT2D eigenvalue weighted by molar-refractivity contribution is 0.102. The minimum atomic E-state index is -4.05. The lowest BCUT2D eigenvalue weighted by Gasteiger charge is -2.07. The Bertz CT molecular complexity index is 809. The molecule has 0 aromatic heterocycles. The SMILES string of the molecule is NS(=O)(=O)c1cc(F)cc(NC(=O)c2cccc(Br)c2)c1. The Hall–Kier alpha value is -1.77. The lowest BCUT2D eigenvalue weighted by Crippen LogP contribution is -2.15. The van der Waals surface area contributed by atoms with Gasteiger partial charge in [-0.3, -0.25) is 4.79 Å². The molecule has 8 heteroatoms. The third kappa shape index (κ3) is 4.10. The normalized spacial score (nSPS) is 11.2. The first kappa shape index (κ1) is 15.6. The molecule has 0 aliphatic carbocycles. The molecule has 110 valence electrons. The van der Waals surface area contributed by atoms with Gasteiger partial charge in [0.1, 0.15) is 5.82 Å². The van der Waals surface area contributed by atoms with Crippen LogP contribution in [0.15, 0.2) is 51.8 Å². The summed E-state index contributed by atoms with van der Waals surface area (Å²) in [7, 11) is -4.05. The predicted octanol–water partition coefficient (Wildman–Crippen LogP) is 2.49. The third-order valence-electron chi connectivity index (χ3n) is 2.54. The Balaban J connectivity index is 2.32. The van der Waals surface area contributed by atoms with Gasteiger partial charge >= 0.3 is 0 Å². The average Bonchev–Trinajstić information content (AvgIpc) is 2.37. The second-order valence-electron chi connectivity index (χ2n) is 4.19. The molecule has 0 bridgehead atoms. The van der Waals surface area contributed by atoms with Crippen LogP contribution in [-0.2, 0) is 10.0 Å². The van der Waals surface area contributed by atoms with Crippen molar-refractivity contribution in [3.8, 4) is 0 Å². The highest BCUT2D eigenvalue weighted by molar-refractivity contribution is 9.10. The van der Waals surface area contributed by atoms with Crippen molar-refractivity contribution in [1.82, 2.24) is 0 Å². The standard InChI is InChI=1S/C13H10BrFN2O3S/c14-9-3-1-2-8(4-9)13(18)17-11-5-10(15)6-12(7-11)21(16,19)20/h1-7H,(H,17,18)(H2,16,19,20). The number of sulfonamides is 1. The van der Waals surface area contributed by atoms with Gasteiger partial charge in [0.2, 0.25) is 10.0 Å². The van der Waals surface area contributed by atoms with E-state index in [2.05, 4.69) is 21.2 Å². The molecule has 0 heterocycles. The first-order valence-corrected chi connectivity index (χ1v) is 8.00. The molecule has 0 saturated carbocycles. The van der Waals surface area contributed by atoms with E-state index in [0.717, 1.165) is 18.2 Å². The predicted molar refractivity (Wildman–Crippen MR) is 79.9 cm³/mol. The highest BCUT2D eigenvalue weighted by Crippen LogP contribution is 2.19. The topological polar surface area (TPSA) is 89.3 Å². The molecule has 2 aromatic carbocycles. The molecule has 0 fully saturated rings. The first-order valence-electron chi connectivity index (χ1n) is 5.66. The molecule has 0 atom stereocenters. The summed E-state index contributed by atoms with van der Waals surface area (Å²) in [5.41, 5.74) is 0.342. The van der Waals surface area contributed by atoms with Gasteiger partial charge in [0.25, 0.3) is 5.91 Å². The van der Waals surface area contributed by atoms with Gasteiger partial charge in [0.15, 0.2) is 0 Å². The summed E-state index contributed by atoms with van der Waals surface area (Å²) >= 11 is 3.23. The molecule has 1 amide bonds. The van der Waals surface area contributed by atoms with Crippen LogP contribution in [0.5, 0.6) is 0 Å². The molecule has 0 aliphatic heterocycles. The van der Waals surface area contributed by atoms with Crippen LogP contribution in [0.4, 0.5) is 10.1 Å². The number of hydrogen-bond donors (Lipinski definition) is 2. The molecule has 5 nitrogen and oxygen atoms in total. The van der Waals surface area contributed by atoms with E-state index in [-0.39, 0.29) is 5.69 Å². The minimum Gasteiger partial charge on any atom is -0.322 e. The number of halogens is 2. The molecule has 0 radical (unpaired) electrons. The maximum atomic E-state index is 13.4. The number of nitrogens with two attached hydrogens (primary N) is 1. The molecule has 3 N–H and O–H groups in total. The van der Waals surface area contributed by atoms with Gasteiger partial charge in [-0.05, 0) is 36.4 Å². The van der Waals surface area contributed by atoms with E-state index in [1.807, 2.05) is 0 Å². The summed E-state index contributed by atoms with van der Waals surface area (Å²) in [5.74, 6) is -1.31. The fourth-order valence-corrected chi connectivity index (χ4v) is 2.60. The number of primary sulfonamides is 1. The number of hydrogen-bond acceptors (Lipinski definition) is 3. The summed E-state index contributed by atoms with van der Waals surface area (Å²) in [4.78, 5) is 11.6. The van der Waals surface area contributed by atoms with Crippen molar-refractivity contribution in [2.45, 2.75) is 4.90 Å². The van der Waals surface area contributed by atoms with Crippen LogP contribution in [0.2, 0.25) is 0 Å². The third-order valence-corrected chi connectivity index (χ3v) is 3.93. The number of anilines is 1. The molecule has 0 aliphatic rings. The zero-order valence-electron chi connectivity index (χ0n) is 10.5. The van der Waals surface area contributed by atoms with Crippen molar-refractivity contribution in [3.63, 3.8) is 0 Å². The number of carbonyl (C=O) groups excluding carboxylic acids is 1. The van der Waals surface area contributed by atoms with Gasteiger partial charge in [0, 0.05) is 15.7 Å². The smallest absolute Gasteiger partial charge is 0.255 e. The zero-order valence-corrected chi connectivity index (χ0v) is 12.9. The summed E-state index contributed by atoms with van der Waals surface area (Å²) in [6, 6.07) is 9.44. The maximum Gasteiger partial charge on any atom is 0.255 e. The molecular formula is C13H10BrFN2O3S. The molecule has 2 aromatic rings. The minimum absolute atomic E-state index is 0.00370. The van der Waals surface area contributed by atoms with Gasteiger partial charge in [-0.1, -0.05) is 22.0 Å². The molecule has 0 unspecified atom stereocenters. The van der Waals surface area contributed by atoms with Crippen LogP contribution in [-0.4, -0.2) is 14.3 Å². The van der Waals surface area contributed by atoms with Crippen LogP contribution in [0, 0.1) is 5.82 Å². The summed E-state index contributed by atoms with van der Waals surface area (Å²) in [6.07, 6.45) is 0. The van der Waals surface area contributed by atoms with E-state index >= 15 is 0 Å². The zero-order chi connectivity index (χ0) is 15.6. The summed E-state index contributed by atoms with van der Waals surface area (Å²) in [5, 5.41) is 7.36. The van der Waals surface area contributed by atoms with Crippen molar-refractivity contribution in [2.75, 3.05) is 5.32 Å². The first-order chi connectivity index (χ1) is 9.75. The quantitative estimate of drug-likeness (QED) is 0.866. The van der Waals surface area contributed by atoms with Crippen LogP contribution in [0.25, 0.3) is 0 Å². The number of amides is 1. The van der Waals surface area contributed by atoms with E-state index in [9.17, 15) is 17.6 Å². The summed E-state index contributed by atoms with van der Waals surface area (Å²) in [6.45, 7) is 0. The Kier molecular flexibility index (Phi) is 4.40. The van der Waals surface area contributed by atoms with Crippen LogP contribution in [0.1, 0.15) is 10.4 Å². The van der Waals surface area contributed by atoms with Gasteiger partial charge in [-0.25, -0.2) is 17.9 Å². The van der Waals surface area contributed by atoms with Gasteiger partial charge in [-0.15, -0.1) is 0 Å². The van der Waals surface area contributed by atoms with Crippen LogP contribution >= 0.6 is 15.9 Å². The Morgan fingerprint density at radius 3 is 2.52 bits per heavy atom. The monoisotopic (exact) mass is 372 g/mol. The highest BCUT2D eigenvalue weighted by Gasteiger charge is 2.13. The molecule has 0 spiro atoms. The van der Waals surface area contributed by atoms with Crippen molar-refractivity contribution < 1.29 is 17.6 Å². The van der Waals surface area contributed by atoms with E-state index in [4.69, 9.17) is 5.14 Å². The second-order valence-corrected chi connectivity index (χ2v) is 6.66. The average molecular weight is 373 g/mol. The van der Waals surface area contributed by atoms with Crippen molar-refractivity contribution in [3.05, 3.63) is 58.3 Å². The van der Waals surface area contributed by atoms with E-state index < -0.39 is 26.6 Å². The van der Waals surface area contributed by atoms with Gasteiger partial charge in [0.05, 0.1) is 4.90 Å². The number of carbonyl (C=O) groups is 1. The number of benzene rings is 2. The number of rotatable bonds is 3. The van der Waals surface area contributed by atoms with Crippen molar-refractivity contribution in [1.29, 1.82) is 0 Å². The maximum absolute atomic E-state index is 13.4. The van der Waals surface area contributed by atoms with E-state index in [0.29, 0.717) is 10.0 Å². The molecule has 2 rings (SSSR count). The number of nitrogens with one attached hydrogen (secondary N) is 1. The molecular weight excluding hydrogens is 363 g/mol. The fraction of sp³-hybridized carbons (Fsp3) is 0. The second kappa shape index (κ2) is 5.92. The van der Waals surface area contributed by atoms with Gasteiger partial charge in [-0.2, -0.15) is 0 Å². The fourth-order valence-electron chi connectivity index (χ4n) is 1.63. The summed E-state index contributed by atoms with van der Waals surface area (Å²) < 4.78 is 36.6. The highest BCUT2D eigenvalue weighted by atomic mass is 79.9. The molecule has 21 heavy (non-hydrogen) atoms. The van der Waals surface area contributed by atoms with Crippen molar-refractivity contribution >= 4 is 37.5 Å². The van der Waals surface area contributed by atoms with Gasteiger partial charge < -0.3 is 5.32 Å². The Morgan fingerprint density at radius 1 is 1.19 bits per heavy atom. The largest absolute Gasteiger partial charge is 0.322 e. The van der Waals surface area contributed by atoms with Crippen molar-refractivity contribution in [2.24, 2.45) is 5.14 Å². The van der Waals surface area contributed by atoms with E-state index in [1.165, 1.54) is 0 Å². The molecule has 0 saturated heterocycles. The van der Waals surface area contributed by atoms with E-state index in [1.54, 1.807) is 24.3 Å². The van der Waals surface area contributed by atoms with Crippen LogP contribution in [0.3, 0.4) is 0 Å².